The number of carboxylic acid groups (broad SMARTS) is 2. The first-order valence-corrected chi connectivity index (χ1v) is 21.9. The molecule has 0 bridgehead atoms. The Morgan fingerprint density at radius 3 is 0.692 bits per heavy atom. The highest BCUT2D eigenvalue weighted by Crippen LogP contribution is 2.15. The van der Waals surface area contributed by atoms with E-state index in [4.69, 9.17) is 0 Å². The third kappa shape index (κ3) is 42.5. The number of rotatable bonds is 32. The first kappa shape index (κ1) is 52.2. The second-order valence-corrected chi connectivity index (χ2v) is 17.4. The van der Waals surface area contributed by atoms with Gasteiger partial charge in [0.25, 0.3) is 0 Å². The van der Waals surface area contributed by atoms with Crippen LogP contribution in [0.25, 0.3) is 0 Å². The van der Waals surface area contributed by atoms with Crippen molar-refractivity contribution in [2.24, 2.45) is 0 Å². The zero-order valence-corrected chi connectivity index (χ0v) is 36.1. The second kappa shape index (κ2) is 36.1. The van der Waals surface area contributed by atoms with Gasteiger partial charge >= 0.3 is 0 Å². The SMILES string of the molecule is CCCCCCCCCCCCCCCC[N+](C)(C)C.CCCCCCCCCCCCCCCC[N+](C)(C)C.O=C([O-])c1ccc(C(=O)[O-])cc1. The first-order chi connectivity index (χ1) is 24.7. The molecule has 0 aromatic heterocycles. The van der Waals surface area contributed by atoms with Gasteiger partial charge in [-0.1, -0.05) is 192 Å². The molecule has 0 saturated carbocycles. The molecule has 0 amide bonds. The number of benzene rings is 1. The van der Waals surface area contributed by atoms with E-state index in [2.05, 4.69) is 56.1 Å². The molecule has 6 heteroatoms. The van der Waals surface area contributed by atoms with Crippen molar-refractivity contribution in [3.05, 3.63) is 35.4 Å². The van der Waals surface area contributed by atoms with Gasteiger partial charge in [0.2, 0.25) is 0 Å². The summed E-state index contributed by atoms with van der Waals surface area (Å²) in [5.74, 6) is -2.67. The van der Waals surface area contributed by atoms with Crippen LogP contribution in [0.5, 0.6) is 0 Å². The van der Waals surface area contributed by atoms with Crippen molar-refractivity contribution in [3.63, 3.8) is 0 Å². The van der Waals surface area contributed by atoms with E-state index in [-0.39, 0.29) is 11.1 Å². The molecule has 0 atom stereocenters. The Labute approximate surface area is 324 Å². The Bertz CT molecular complexity index is 843. The molecule has 6 nitrogen and oxygen atoms in total. The number of nitrogens with zero attached hydrogens (tertiary/aromatic N) is 2. The van der Waals surface area contributed by atoms with Crippen LogP contribution < -0.4 is 10.2 Å². The number of unbranched alkanes of at least 4 members (excludes halogenated alkanes) is 26. The zero-order chi connectivity index (χ0) is 39.4. The molecular weight excluding hydrogens is 645 g/mol. The summed E-state index contributed by atoms with van der Waals surface area (Å²) >= 11 is 0. The fourth-order valence-electron chi connectivity index (χ4n) is 6.30. The van der Waals surface area contributed by atoms with Gasteiger partial charge in [0.05, 0.1) is 67.3 Å². The Morgan fingerprint density at radius 2 is 0.538 bits per heavy atom. The number of carbonyl (C=O) groups is 2. The van der Waals surface area contributed by atoms with Gasteiger partial charge in [0.1, 0.15) is 0 Å². The number of hydrogen-bond donors (Lipinski definition) is 0. The van der Waals surface area contributed by atoms with Crippen molar-refractivity contribution in [2.45, 2.75) is 194 Å². The predicted molar refractivity (Wildman–Crippen MR) is 222 cm³/mol. The molecule has 1 aromatic carbocycles. The molecule has 0 N–H and O–H groups in total. The largest absolute Gasteiger partial charge is 0.545 e. The molecule has 306 valence electrons. The van der Waals surface area contributed by atoms with Gasteiger partial charge in [-0.05, 0) is 36.8 Å². The second-order valence-electron chi connectivity index (χ2n) is 17.4. The van der Waals surface area contributed by atoms with Crippen molar-refractivity contribution in [1.29, 1.82) is 0 Å². The standard InChI is InChI=1S/2C19H42N.C8H6O4/c2*1-5-6-7-8-9-10-11-12-13-14-15-16-17-18-19-20(2,3)4;9-7(10)5-1-2-6(4-3-5)8(11)12/h2*5-19H2,1-4H3;1-4H,(H,9,10)(H,11,12)/q2*+1;/p-2. The van der Waals surface area contributed by atoms with E-state index in [0.717, 1.165) is 33.2 Å². The van der Waals surface area contributed by atoms with E-state index in [9.17, 15) is 19.8 Å². The number of carbonyl (C=O) groups excluding carboxylic acids is 2. The van der Waals surface area contributed by atoms with Crippen LogP contribution in [-0.4, -0.2) is 76.3 Å². The number of quaternary nitrogens is 2. The Kier molecular flexibility index (Phi) is 36.2. The lowest BCUT2D eigenvalue weighted by molar-refractivity contribution is -0.870. The maximum absolute atomic E-state index is 10.2. The highest BCUT2D eigenvalue weighted by molar-refractivity contribution is 5.89. The molecule has 0 saturated heterocycles. The van der Waals surface area contributed by atoms with Crippen LogP contribution >= 0.6 is 0 Å². The molecule has 0 aliphatic carbocycles. The van der Waals surface area contributed by atoms with E-state index in [1.54, 1.807) is 0 Å². The van der Waals surface area contributed by atoms with Gasteiger partial charge in [-0.3, -0.25) is 0 Å². The molecule has 1 aromatic rings. The summed E-state index contributed by atoms with van der Waals surface area (Å²) in [5.41, 5.74) is -0.111. The molecule has 52 heavy (non-hydrogen) atoms. The maximum atomic E-state index is 10.2. The summed E-state index contributed by atoms with van der Waals surface area (Å²) in [7, 11) is 13.8. The van der Waals surface area contributed by atoms with Gasteiger partial charge in [-0.25, -0.2) is 0 Å². The smallest absolute Gasteiger partial charge is 0.0780 e. The van der Waals surface area contributed by atoms with Crippen molar-refractivity contribution in [2.75, 3.05) is 55.4 Å². The third-order valence-corrected chi connectivity index (χ3v) is 9.72. The van der Waals surface area contributed by atoms with Crippen LogP contribution in [0.2, 0.25) is 0 Å². The van der Waals surface area contributed by atoms with Gasteiger partial charge < -0.3 is 28.8 Å². The summed E-state index contributed by atoms with van der Waals surface area (Å²) in [6.45, 7) is 7.25. The lowest BCUT2D eigenvalue weighted by atomic mass is 10.0. The lowest BCUT2D eigenvalue weighted by Crippen LogP contribution is -2.35. The molecule has 0 heterocycles. The highest BCUT2D eigenvalue weighted by atomic mass is 16.4. The van der Waals surface area contributed by atoms with Crippen molar-refractivity contribution < 1.29 is 28.8 Å². The summed E-state index contributed by atoms with van der Waals surface area (Å²) in [6.07, 6.45) is 40.7. The van der Waals surface area contributed by atoms with Crippen LogP contribution in [-0.2, 0) is 0 Å². The predicted octanol–water partition coefficient (Wildman–Crippen LogP) is 10.8. The summed E-state index contributed by atoms with van der Waals surface area (Å²) in [6, 6.07) is 4.61. The average molecular weight is 733 g/mol. The van der Waals surface area contributed by atoms with E-state index in [1.807, 2.05) is 0 Å². The fraction of sp³-hybridized carbons (Fsp3) is 0.826. The van der Waals surface area contributed by atoms with Gasteiger partial charge in [-0.15, -0.1) is 0 Å². The maximum Gasteiger partial charge on any atom is 0.0780 e. The van der Waals surface area contributed by atoms with Crippen molar-refractivity contribution in [1.82, 2.24) is 0 Å². The van der Waals surface area contributed by atoms with Crippen molar-refractivity contribution in [3.8, 4) is 0 Å². The Morgan fingerprint density at radius 1 is 0.365 bits per heavy atom. The summed E-state index contributed by atoms with van der Waals surface area (Å²) in [5, 5.41) is 20.4. The molecule has 0 fully saturated rings. The van der Waals surface area contributed by atoms with Crippen LogP contribution in [0.1, 0.15) is 214 Å². The van der Waals surface area contributed by atoms with Gasteiger partial charge in [0, 0.05) is 0 Å². The number of carboxylic acids is 2. The molecule has 0 aliphatic rings. The molecule has 0 spiro atoms. The fourth-order valence-corrected chi connectivity index (χ4v) is 6.30. The minimum absolute atomic E-state index is 0.0556. The molecular formula is C46H88N2O4. The van der Waals surface area contributed by atoms with Crippen LogP contribution in [0.15, 0.2) is 24.3 Å². The minimum atomic E-state index is -1.33. The van der Waals surface area contributed by atoms with E-state index in [0.29, 0.717) is 0 Å². The summed E-state index contributed by atoms with van der Waals surface area (Å²) in [4.78, 5) is 20.4. The molecule has 1 rings (SSSR count). The van der Waals surface area contributed by atoms with Crippen LogP contribution in [0.3, 0.4) is 0 Å². The molecule has 0 radical (unpaired) electrons. The zero-order valence-electron chi connectivity index (χ0n) is 36.1. The van der Waals surface area contributed by atoms with E-state index < -0.39 is 11.9 Å². The monoisotopic (exact) mass is 733 g/mol. The lowest BCUT2D eigenvalue weighted by Gasteiger charge is -2.23. The third-order valence-electron chi connectivity index (χ3n) is 9.72. The topological polar surface area (TPSA) is 80.3 Å². The minimum Gasteiger partial charge on any atom is -0.545 e. The quantitative estimate of drug-likeness (QED) is 0.0546. The normalized spacial score (nSPS) is 11.4. The molecule has 0 aliphatic heterocycles. The Balaban J connectivity index is 0. The average Bonchev–Trinajstić information content (AvgIpc) is 3.08. The van der Waals surface area contributed by atoms with Gasteiger partial charge in [0.15, 0.2) is 0 Å². The molecule has 0 unspecified atom stereocenters. The number of hydrogen-bond acceptors (Lipinski definition) is 4. The van der Waals surface area contributed by atoms with E-state index in [1.165, 1.54) is 193 Å². The van der Waals surface area contributed by atoms with Crippen LogP contribution in [0.4, 0.5) is 0 Å². The number of aromatic carboxylic acids is 2. The Hall–Kier alpha value is -1.92. The van der Waals surface area contributed by atoms with E-state index >= 15 is 0 Å². The first-order valence-electron chi connectivity index (χ1n) is 21.9. The highest BCUT2D eigenvalue weighted by Gasteiger charge is 2.06. The van der Waals surface area contributed by atoms with Gasteiger partial charge in [-0.2, -0.15) is 0 Å². The summed E-state index contributed by atoms with van der Waals surface area (Å²) < 4.78 is 2.25. The van der Waals surface area contributed by atoms with Crippen LogP contribution in [0, 0.1) is 0 Å². The van der Waals surface area contributed by atoms with Crippen molar-refractivity contribution >= 4 is 11.9 Å².